The highest BCUT2D eigenvalue weighted by atomic mass is 16.3. The fourth-order valence-corrected chi connectivity index (χ4v) is 2.49. The van der Waals surface area contributed by atoms with E-state index in [1.165, 1.54) is 12.8 Å². The van der Waals surface area contributed by atoms with Gasteiger partial charge in [-0.15, -0.1) is 0 Å². The first kappa shape index (κ1) is 11.0. The number of hydrogen-bond acceptors (Lipinski definition) is 4. The second-order valence-corrected chi connectivity index (χ2v) is 4.90. The fourth-order valence-electron chi connectivity index (χ4n) is 2.49. The Morgan fingerprint density at radius 2 is 1.94 bits per heavy atom. The molecule has 2 fully saturated rings. The third kappa shape index (κ3) is 2.42. The van der Waals surface area contributed by atoms with Gasteiger partial charge in [0.15, 0.2) is 0 Å². The van der Waals surface area contributed by atoms with Gasteiger partial charge in [-0.2, -0.15) is 0 Å². The van der Waals surface area contributed by atoms with Crippen LogP contribution >= 0.6 is 0 Å². The quantitative estimate of drug-likeness (QED) is 0.840. The zero-order valence-electron chi connectivity index (χ0n) is 10.0. The van der Waals surface area contributed by atoms with Crippen molar-refractivity contribution in [3.63, 3.8) is 0 Å². The SMILES string of the molecule is OCc1cccc(N2CCN(C3CC3)CC2)n1. The standard InChI is InChI=1S/C13H19N3O/c17-10-11-2-1-3-13(14-11)16-8-6-15(7-9-16)12-4-5-12/h1-3,12,17H,4-10H2. The number of hydrogen-bond donors (Lipinski definition) is 1. The number of aliphatic hydroxyl groups is 1. The van der Waals surface area contributed by atoms with Gasteiger partial charge in [0.25, 0.3) is 0 Å². The summed E-state index contributed by atoms with van der Waals surface area (Å²) in [5.74, 6) is 1.01. The first-order valence-electron chi connectivity index (χ1n) is 6.42. The molecule has 4 heteroatoms. The lowest BCUT2D eigenvalue weighted by atomic mass is 10.3. The summed E-state index contributed by atoms with van der Waals surface area (Å²) >= 11 is 0. The maximum Gasteiger partial charge on any atom is 0.128 e. The summed E-state index contributed by atoms with van der Waals surface area (Å²) in [4.78, 5) is 9.37. The Morgan fingerprint density at radius 3 is 2.59 bits per heavy atom. The van der Waals surface area contributed by atoms with Crippen LogP contribution < -0.4 is 4.90 Å². The molecule has 92 valence electrons. The van der Waals surface area contributed by atoms with E-state index in [9.17, 15) is 0 Å². The van der Waals surface area contributed by atoms with Gasteiger partial charge >= 0.3 is 0 Å². The summed E-state index contributed by atoms with van der Waals surface area (Å²) in [7, 11) is 0. The smallest absolute Gasteiger partial charge is 0.128 e. The van der Waals surface area contributed by atoms with Crippen LogP contribution in [0.5, 0.6) is 0 Å². The van der Waals surface area contributed by atoms with Crippen LogP contribution in [0.4, 0.5) is 5.82 Å². The van der Waals surface area contributed by atoms with E-state index in [4.69, 9.17) is 5.11 Å². The molecule has 1 aromatic heterocycles. The Kier molecular flexibility index (Phi) is 2.99. The van der Waals surface area contributed by atoms with Crippen molar-refractivity contribution in [3.8, 4) is 0 Å². The zero-order valence-corrected chi connectivity index (χ0v) is 10.0. The molecule has 0 aromatic carbocycles. The van der Waals surface area contributed by atoms with E-state index in [-0.39, 0.29) is 6.61 Å². The van der Waals surface area contributed by atoms with Gasteiger partial charge in [-0.25, -0.2) is 4.98 Å². The van der Waals surface area contributed by atoms with Crippen molar-refractivity contribution >= 4 is 5.82 Å². The number of anilines is 1. The predicted molar refractivity (Wildman–Crippen MR) is 67.0 cm³/mol. The van der Waals surface area contributed by atoms with Crippen LogP contribution in [0.15, 0.2) is 18.2 Å². The molecule has 2 aliphatic rings. The molecule has 1 aromatic rings. The van der Waals surface area contributed by atoms with Gasteiger partial charge in [0.1, 0.15) is 5.82 Å². The second kappa shape index (κ2) is 4.63. The molecule has 0 bridgehead atoms. The first-order chi connectivity index (χ1) is 8.36. The Hall–Kier alpha value is -1.13. The van der Waals surface area contributed by atoms with Crippen molar-refractivity contribution in [2.45, 2.75) is 25.5 Å². The number of aliphatic hydroxyl groups excluding tert-OH is 1. The van der Waals surface area contributed by atoms with Crippen LogP contribution in [0.3, 0.4) is 0 Å². The topological polar surface area (TPSA) is 39.6 Å². The maximum atomic E-state index is 9.09. The average molecular weight is 233 g/mol. The van der Waals surface area contributed by atoms with Gasteiger partial charge in [-0.1, -0.05) is 6.07 Å². The molecule has 0 amide bonds. The molecule has 1 N–H and O–H groups in total. The summed E-state index contributed by atoms with van der Waals surface area (Å²) in [6.45, 7) is 4.43. The Labute approximate surface area is 102 Å². The largest absolute Gasteiger partial charge is 0.390 e. The molecular formula is C13H19N3O. The molecule has 1 saturated carbocycles. The van der Waals surface area contributed by atoms with Crippen molar-refractivity contribution in [2.24, 2.45) is 0 Å². The van der Waals surface area contributed by atoms with Crippen LogP contribution in [-0.4, -0.2) is 47.2 Å². The van der Waals surface area contributed by atoms with Crippen molar-refractivity contribution in [3.05, 3.63) is 23.9 Å². The van der Waals surface area contributed by atoms with E-state index in [1.54, 1.807) is 0 Å². The Bertz CT molecular complexity index is 384. The maximum absolute atomic E-state index is 9.09. The molecule has 1 aliphatic heterocycles. The minimum Gasteiger partial charge on any atom is -0.390 e. The number of aromatic nitrogens is 1. The van der Waals surface area contributed by atoms with Gasteiger partial charge < -0.3 is 10.0 Å². The van der Waals surface area contributed by atoms with Crippen LogP contribution in [-0.2, 0) is 6.61 Å². The lowest BCUT2D eigenvalue weighted by molar-refractivity contribution is 0.247. The Balaban J connectivity index is 1.64. The lowest BCUT2D eigenvalue weighted by Gasteiger charge is -2.35. The summed E-state index contributed by atoms with van der Waals surface area (Å²) in [5.41, 5.74) is 0.757. The molecule has 0 atom stereocenters. The molecular weight excluding hydrogens is 214 g/mol. The average Bonchev–Trinajstić information content (AvgIpc) is 3.23. The number of rotatable bonds is 3. The molecule has 1 saturated heterocycles. The van der Waals surface area contributed by atoms with Crippen LogP contribution in [0.25, 0.3) is 0 Å². The molecule has 0 radical (unpaired) electrons. The van der Waals surface area contributed by atoms with Crippen LogP contribution in [0, 0.1) is 0 Å². The third-order valence-electron chi connectivity index (χ3n) is 3.66. The van der Waals surface area contributed by atoms with Gasteiger partial charge in [0.05, 0.1) is 12.3 Å². The van der Waals surface area contributed by atoms with E-state index < -0.39 is 0 Å². The normalized spacial score (nSPS) is 21.8. The van der Waals surface area contributed by atoms with Gasteiger partial charge in [0.2, 0.25) is 0 Å². The van der Waals surface area contributed by atoms with Crippen molar-refractivity contribution in [2.75, 3.05) is 31.1 Å². The third-order valence-corrected chi connectivity index (χ3v) is 3.66. The van der Waals surface area contributed by atoms with E-state index in [0.29, 0.717) is 0 Å². The molecule has 0 spiro atoms. The fraction of sp³-hybridized carbons (Fsp3) is 0.615. The summed E-state index contributed by atoms with van der Waals surface area (Å²) in [6, 6.07) is 6.74. The van der Waals surface area contributed by atoms with Crippen LogP contribution in [0.1, 0.15) is 18.5 Å². The van der Waals surface area contributed by atoms with E-state index in [2.05, 4.69) is 14.8 Å². The van der Waals surface area contributed by atoms with E-state index in [1.807, 2.05) is 18.2 Å². The molecule has 4 nitrogen and oxygen atoms in total. The van der Waals surface area contributed by atoms with Crippen LogP contribution in [0.2, 0.25) is 0 Å². The molecule has 0 unspecified atom stereocenters. The van der Waals surface area contributed by atoms with Gasteiger partial charge in [0, 0.05) is 32.2 Å². The minimum atomic E-state index is 0.0237. The predicted octanol–water partition coefficient (Wildman–Crippen LogP) is 0.858. The number of pyridine rings is 1. The highest BCUT2D eigenvalue weighted by molar-refractivity contribution is 5.39. The van der Waals surface area contributed by atoms with Crippen molar-refractivity contribution in [1.29, 1.82) is 0 Å². The molecule has 17 heavy (non-hydrogen) atoms. The first-order valence-corrected chi connectivity index (χ1v) is 6.42. The lowest BCUT2D eigenvalue weighted by Crippen LogP contribution is -2.47. The van der Waals surface area contributed by atoms with Gasteiger partial charge in [-0.05, 0) is 25.0 Å². The van der Waals surface area contributed by atoms with Crippen molar-refractivity contribution in [1.82, 2.24) is 9.88 Å². The van der Waals surface area contributed by atoms with Crippen molar-refractivity contribution < 1.29 is 5.11 Å². The zero-order chi connectivity index (χ0) is 11.7. The highest BCUT2D eigenvalue weighted by Crippen LogP contribution is 2.28. The van der Waals surface area contributed by atoms with Gasteiger partial charge in [-0.3, -0.25) is 4.90 Å². The summed E-state index contributed by atoms with van der Waals surface area (Å²) in [6.07, 6.45) is 2.77. The monoisotopic (exact) mass is 233 g/mol. The summed E-state index contributed by atoms with van der Waals surface area (Å²) in [5, 5.41) is 9.09. The highest BCUT2D eigenvalue weighted by Gasteiger charge is 2.31. The molecule has 2 heterocycles. The van der Waals surface area contributed by atoms with E-state index in [0.717, 1.165) is 43.7 Å². The van der Waals surface area contributed by atoms with E-state index >= 15 is 0 Å². The molecule has 3 rings (SSSR count). The molecule has 1 aliphatic carbocycles. The summed E-state index contributed by atoms with van der Waals surface area (Å²) < 4.78 is 0. The number of piperazine rings is 1. The Morgan fingerprint density at radius 1 is 1.18 bits per heavy atom. The number of nitrogens with zero attached hydrogens (tertiary/aromatic N) is 3. The second-order valence-electron chi connectivity index (χ2n) is 4.90. The minimum absolute atomic E-state index is 0.0237.